The fourth-order valence-corrected chi connectivity index (χ4v) is 3.37. The number of ether oxygens (including phenoxy) is 1. The van der Waals surface area contributed by atoms with Gasteiger partial charge in [-0.25, -0.2) is 0 Å². The molecule has 1 heterocycles. The van der Waals surface area contributed by atoms with Gasteiger partial charge in [-0.05, 0) is 30.2 Å². The Labute approximate surface area is 143 Å². The number of benzene rings is 1. The van der Waals surface area contributed by atoms with Crippen molar-refractivity contribution in [3.05, 3.63) is 30.3 Å². The molecule has 0 unspecified atom stereocenters. The molecule has 1 aliphatic rings. The lowest BCUT2D eigenvalue weighted by atomic mass is 9.68. The van der Waals surface area contributed by atoms with Crippen LogP contribution in [-0.2, 0) is 4.74 Å². The molecule has 4 nitrogen and oxygen atoms in total. The van der Waals surface area contributed by atoms with E-state index in [1.165, 1.54) is 11.8 Å². The van der Waals surface area contributed by atoms with E-state index < -0.39 is 0 Å². The third-order valence-electron chi connectivity index (χ3n) is 4.83. The van der Waals surface area contributed by atoms with Gasteiger partial charge in [0.15, 0.2) is 0 Å². The highest BCUT2D eigenvalue weighted by atomic mass is 32.2. The SMILES string of the molecule is CSC(=O)N1CC(C(C)C)(C(C)C)COC1=Nc1ccccc1. The van der Waals surface area contributed by atoms with Crippen molar-refractivity contribution < 1.29 is 9.53 Å². The number of hydrogen-bond acceptors (Lipinski definition) is 4. The van der Waals surface area contributed by atoms with Gasteiger partial charge < -0.3 is 4.74 Å². The van der Waals surface area contributed by atoms with Crippen molar-refractivity contribution in [3.63, 3.8) is 0 Å². The summed E-state index contributed by atoms with van der Waals surface area (Å²) in [5.41, 5.74) is 0.740. The molecule has 0 aromatic heterocycles. The number of amidine groups is 1. The van der Waals surface area contributed by atoms with Crippen molar-refractivity contribution in [3.8, 4) is 0 Å². The largest absolute Gasteiger partial charge is 0.464 e. The molecule has 1 aromatic carbocycles. The van der Waals surface area contributed by atoms with Gasteiger partial charge in [-0.15, -0.1) is 0 Å². The molecule has 2 rings (SSSR count). The summed E-state index contributed by atoms with van der Waals surface area (Å²) in [4.78, 5) is 18.7. The normalized spacial score (nSPS) is 19.3. The van der Waals surface area contributed by atoms with Crippen LogP contribution in [0, 0.1) is 17.3 Å². The van der Waals surface area contributed by atoms with E-state index in [1.807, 2.05) is 30.3 Å². The number of aliphatic imine (C=N–C) groups is 1. The second kappa shape index (κ2) is 7.39. The van der Waals surface area contributed by atoms with Crippen LogP contribution < -0.4 is 0 Å². The third kappa shape index (κ3) is 3.71. The molecule has 0 atom stereocenters. The van der Waals surface area contributed by atoms with Gasteiger partial charge in [-0.3, -0.25) is 9.69 Å². The Balaban J connectivity index is 2.36. The fourth-order valence-electron chi connectivity index (χ4n) is 3.01. The topological polar surface area (TPSA) is 41.9 Å². The molecule has 0 spiro atoms. The molecule has 1 aromatic rings. The quantitative estimate of drug-likeness (QED) is 0.798. The van der Waals surface area contributed by atoms with Gasteiger partial charge in [-0.1, -0.05) is 57.7 Å². The van der Waals surface area contributed by atoms with Crippen LogP contribution in [0.1, 0.15) is 27.7 Å². The van der Waals surface area contributed by atoms with Crippen molar-refractivity contribution in [2.45, 2.75) is 27.7 Å². The monoisotopic (exact) mass is 334 g/mol. The van der Waals surface area contributed by atoms with E-state index in [-0.39, 0.29) is 10.7 Å². The first-order chi connectivity index (χ1) is 10.9. The van der Waals surface area contributed by atoms with Crippen LogP contribution in [-0.4, -0.2) is 35.6 Å². The van der Waals surface area contributed by atoms with Crippen LogP contribution in [0.3, 0.4) is 0 Å². The predicted molar refractivity (Wildman–Crippen MR) is 97.2 cm³/mol. The lowest BCUT2D eigenvalue weighted by Gasteiger charge is -2.47. The molecule has 1 amide bonds. The molecular weight excluding hydrogens is 308 g/mol. The summed E-state index contributed by atoms with van der Waals surface area (Å²) < 4.78 is 6.00. The first-order valence-corrected chi connectivity index (χ1v) is 9.25. The van der Waals surface area contributed by atoms with Gasteiger partial charge in [0.25, 0.3) is 11.3 Å². The summed E-state index contributed by atoms with van der Waals surface area (Å²) in [6, 6.07) is 10.0. The number of nitrogens with zero attached hydrogens (tertiary/aromatic N) is 2. The van der Waals surface area contributed by atoms with Crippen molar-refractivity contribution >= 4 is 28.7 Å². The van der Waals surface area contributed by atoms with E-state index in [0.29, 0.717) is 31.0 Å². The maximum absolute atomic E-state index is 12.4. The van der Waals surface area contributed by atoms with Crippen molar-refractivity contribution in [1.29, 1.82) is 0 Å². The fraction of sp³-hybridized carbons (Fsp3) is 0.556. The minimum atomic E-state index is -0.0545. The molecule has 1 saturated heterocycles. The summed E-state index contributed by atoms with van der Waals surface area (Å²) in [6.45, 7) is 10.0. The Morgan fingerprint density at radius 2 is 1.83 bits per heavy atom. The molecule has 5 heteroatoms. The van der Waals surface area contributed by atoms with Crippen LogP contribution in [0.2, 0.25) is 0 Å². The van der Waals surface area contributed by atoms with Gasteiger partial charge >= 0.3 is 0 Å². The summed E-state index contributed by atoms with van der Waals surface area (Å²) >= 11 is 1.20. The number of rotatable bonds is 3. The van der Waals surface area contributed by atoms with Crippen LogP contribution in [0.5, 0.6) is 0 Å². The predicted octanol–water partition coefficient (Wildman–Crippen LogP) is 4.79. The van der Waals surface area contributed by atoms with E-state index in [9.17, 15) is 4.79 Å². The average Bonchev–Trinajstić information content (AvgIpc) is 2.55. The van der Waals surface area contributed by atoms with E-state index in [4.69, 9.17) is 4.74 Å². The molecule has 1 fully saturated rings. The maximum atomic E-state index is 12.4. The first kappa shape index (κ1) is 17.9. The van der Waals surface area contributed by atoms with Gasteiger partial charge in [0.2, 0.25) is 0 Å². The molecular formula is C18H26N2O2S. The second-order valence-electron chi connectivity index (χ2n) is 6.62. The second-order valence-corrected chi connectivity index (χ2v) is 7.37. The van der Waals surface area contributed by atoms with Gasteiger partial charge in [0.05, 0.1) is 12.3 Å². The Bertz CT molecular complexity index is 562. The van der Waals surface area contributed by atoms with Crippen molar-refractivity contribution in [1.82, 2.24) is 4.90 Å². The van der Waals surface area contributed by atoms with Gasteiger partial charge in [0, 0.05) is 12.0 Å². The molecule has 0 aliphatic carbocycles. The highest BCUT2D eigenvalue weighted by Gasteiger charge is 2.46. The zero-order valence-corrected chi connectivity index (χ0v) is 15.4. The minimum Gasteiger partial charge on any atom is -0.464 e. The highest BCUT2D eigenvalue weighted by Crippen LogP contribution is 2.40. The van der Waals surface area contributed by atoms with Crippen molar-refractivity contribution in [2.75, 3.05) is 19.4 Å². The molecule has 1 aliphatic heterocycles. The summed E-state index contributed by atoms with van der Waals surface area (Å²) in [5.74, 6) is 0.830. The highest BCUT2D eigenvalue weighted by molar-refractivity contribution is 8.12. The number of carbonyl (C=O) groups excluding carboxylic acids is 1. The number of para-hydroxylation sites is 1. The maximum Gasteiger partial charge on any atom is 0.300 e. The standard InChI is InChI=1S/C18H26N2O2S/c1-13(2)18(14(3)4)11-20(17(21)23-5)16(22-12-18)19-15-9-7-6-8-10-15/h6-10,13-14H,11-12H2,1-5H3. The molecule has 23 heavy (non-hydrogen) atoms. The van der Waals surface area contributed by atoms with Crippen LogP contribution in [0.25, 0.3) is 0 Å². The van der Waals surface area contributed by atoms with Gasteiger partial charge in [0.1, 0.15) is 0 Å². The minimum absolute atomic E-state index is 0.0231. The first-order valence-electron chi connectivity index (χ1n) is 8.02. The Morgan fingerprint density at radius 3 is 2.35 bits per heavy atom. The smallest absolute Gasteiger partial charge is 0.300 e. The molecule has 126 valence electrons. The summed E-state index contributed by atoms with van der Waals surface area (Å²) in [7, 11) is 0. The third-order valence-corrected chi connectivity index (χ3v) is 5.40. The van der Waals surface area contributed by atoms with Gasteiger partial charge in [-0.2, -0.15) is 4.99 Å². The van der Waals surface area contributed by atoms with E-state index >= 15 is 0 Å². The van der Waals surface area contributed by atoms with E-state index in [1.54, 1.807) is 11.2 Å². The van der Waals surface area contributed by atoms with Crippen LogP contribution in [0.15, 0.2) is 35.3 Å². The molecule has 0 radical (unpaired) electrons. The number of hydrogen-bond donors (Lipinski definition) is 0. The lowest BCUT2D eigenvalue weighted by Crippen LogP contribution is -2.56. The molecule has 0 saturated carbocycles. The number of amides is 1. The van der Waals surface area contributed by atoms with Crippen molar-refractivity contribution in [2.24, 2.45) is 22.2 Å². The zero-order chi connectivity index (χ0) is 17.0. The summed E-state index contributed by atoms with van der Waals surface area (Å²) in [5, 5.41) is -0.0231. The Morgan fingerprint density at radius 1 is 1.22 bits per heavy atom. The van der Waals surface area contributed by atoms with Crippen LogP contribution in [0.4, 0.5) is 10.5 Å². The van der Waals surface area contributed by atoms with E-state index in [2.05, 4.69) is 32.7 Å². The number of carbonyl (C=O) groups is 1. The lowest BCUT2D eigenvalue weighted by molar-refractivity contribution is -0.0144. The zero-order valence-electron chi connectivity index (χ0n) is 14.6. The number of thioether (sulfide) groups is 1. The van der Waals surface area contributed by atoms with Crippen LogP contribution >= 0.6 is 11.8 Å². The average molecular weight is 334 g/mol. The molecule has 0 N–H and O–H groups in total. The Kier molecular flexibility index (Phi) is 5.74. The Hall–Kier alpha value is -1.49. The molecule has 0 bridgehead atoms. The summed E-state index contributed by atoms with van der Waals surface area (Å²) in [6.07, 6.45) is 1.80. The van der Waals surface area contributed by atoms with E-state index in [0.717, 1.165) is 5.69 Å².